The van der Waals surface area contributed by atoms with E-state index in [1.165, 1.54) is 6.42 Å². The summed E-state index contributed by atoms with van der Waals surface area (Å²) in [6, 6.07) is 16.0. The van der Waals surface area contributed by atoms with Crippen LogP contribution in [0.5, 0.6) is 5.75 Å². The van der Waals surface area contributed by atoms with Gasteiger partial charge in [0, 0.05) is 11.3 Å². The number of allylic oxidation sites excluding steroid dienone is 1. The minimum atomic E-state index is -0.649. The van der Waals surface area contributed by atoms with Gasteiger partial charge in [0.1, 0.15) is 12.4 Å². The first-order chi connectivity index (χ1) is 15.1. The molecule has 2 amide bonds. The average molecular weight is 423 g/mol. The van der Waals surface area contributed by atoms with E-state index >= 15 is 0 Å². The minimum absolute atomic E-state index is 0.159. The standard InChI is InChI=1S/C25H30N2O4/c1-3-4-5-11-16-30-21-15-10-9-14-20(21)23-22(18(2)26-25(29)27-23)24(28)31-17-19-12-7-6-8-13-19/h6-10,12-15,23H,3-5,11,16-17H2,1-2H3,(H2,26,27,29). The van der Waals surface area contributed by atoms with Gasteiger partial charge in [-0.05, 0) is 25.0 Å². The molecule has 0 fully saturated rings. The van der Waals surface area contributed by atoms with Crippen molar-refractivity contribution in [3.63, 3.8) is 0 Å². The van der Waals surface area contributed by atoms with E-state index in [1.54, 1.807) is 6.92 Å². The third-order valence-corrected chi connectivity index (χ3v) is 5.19. The first-order valence-corrected chi connectivity index (χ1v) is 10.8. The summed E-state index contributed by atoms with van der Waals surface area (Å²) in [5.41, 5.74) is 2.48. The number of rotatable bonds is 10. The Morgan fingerprint density at radius 2 is 1.74 bits per heavy atom. The zero-order valence-corrected chi connectivity index (χ0v) is 18.1. The summed E-state index contributed by atoms with van der Waals surface area (Å²) in [4.78, 5) is 25.2. The molecule has 2 N–H and O–H groups in total. The highest BCUT2D eigenvalue weighted by atomic mass is 16.5. The molecule has 31 heavy (non-hydrogen) atoms. The van der Waals surface area contributed by atoms with Crippen molar-refractivity contribution in [2.75, 3.05) is 6.61 Å². The number of ether oxygens (including phenoxy) is 2. The van der Waals surface area contributed by atoms with Crippen LogP contribution in [0, 0.1) is 0 Å². The maximum Gasteiger partial charge on any atom is 0.338 e. The van der Waals surface area contributed by atoms with Crippen LogP contribution in [0.1, 0.15) is 56.7 Å². The lowest BCUT2D eigenvalue weighted by molar-refractivity contribution is -0.140. The third kappa shape index (κ3) is 6.10. The van der Waals surface area contributed by atoms with Gasteiger partial charge in [0.25, 0.3) is 0 Å². The zero-order valence-electron chi connectivity index (χ0n) is 18.1. The zero-order chi connectivity index (χ0) is 22.1. The van der Waals surface area contributed by atoms with Crippen molar-refractivity contribution in [1.82, 2.24) is 10.6 Å². The fraction of sp³-hybridized carbons (Fsp3) is 0.360. The number of carbonyl (C=O) groups is 2. The summed E-state index contributed by atoms with van der Waals surface area (Å²) in [6.45, 7) is 4.63. The largest absolute Gasteiger partial charge is 0.493 e. The van der Waals surface area contributed by atoms with Crippen molar-refractivity contribution in [3.8, 4) is 5.75 Å². The van der Waals surface area contributed by atoms with Crippen LogP contribution in [0.3, 0.4) is 0 Å². The van der Waals surface area contributed by atoms with Crippen molar-refractivity contribution < 1.29 is 19.1 Å². The molecule has 0 saturated carbocycles. The summed E-state index contributed by atoms with van der Waals surface area (Å²) in [6.07, 6.45) is 4.41. The van der Waals surface area contributed by atoms with Crippen molar-refractivity contribution >= 4 is 12.0 Å². The molecule has 1 atom stereocenters. The predicted molar refractivity (Wildman–Crippen MR) is 119 cm³/mol. The van der Waals surface area contributed by atoms with Crippen molar-refractivity contribution in [1.29, 1.82) is 0 Å². The van der Waals surface area contributed by atoms with Crippen LogP contribution < -0.4 is 15.4 Å². The fourth-order valence-electron chi connectivity index (χ4n) is 3.56. The van der Waals surface area contributed by atoms with Crippen LogP contribution in [0.25, 0.3) is 0 Å². The van der Waals surface area contributed by atoms with Crippen LogP contribution >= 0.6 is 0 Å². The van der Waals surface area contributed by atoms with Gasteiger partial charge in [-0.25, -0.2) is 9.59 Å². The van der Waals surface area contributed by atoms with Gasteiger partial charge in [-0.2, -0.15) is 0 Å². The molecule has 6 nitrogen and oxygen atoms in total. The molecule has 0 aliphatic carbocycles. The number of nitrogens with one attached hydrogen (secondary N) is 2. The molecule has 0 saturated heterocycles. The van der Waals surface area contributed by atoms with E-state index in [-0.39, 0.29) is 12.6 Å². The molecule has 0 radical (unpaired) electrons. The van der Waals surface area contributed by atoms with Gasteiger partial charge in [-0.1, -0.05) is 74.7 Å². The van der Waals surface area contributed by atoms with Gasteiger partial charge in [-0.15, -0.1) is 0 Å². The molecule has 2 aromatic rings. The molecule has 3 rings (SSSR count). The normalized spacial score (nSPS) is 15.8. The number of unbranched alkanes of at least 4 members (excludes halogenated alkanes) is 3. The lowest BCUT2D eigenvalue weighted by atomic mass is 9.95. The van der Waals surface area contributed by atoms with Gasteiger partial charge in [0.05, 0.1) is 18.2 Å². The Morgan fingerprint density at radius 3 is 2.52 bits per heavy atom. The third-order valence-electron chi connectivity index (χ3n) is 5.19. The second-order valence-electron chi connectivity index (χ2n) is 7.58. The number of urea groups is 1. The molecule has 2 aromatic carbocycles. The Morgan fingerprint density at radius 1 is 1.00 bits per heavy atom. The van der Waals surface area contributed by atoms with Gasteiger partial charge >= 0.3 is 12.0 Å². The molecular formula is C25H30N2O4. The van der Waals surface area contributed by atoms with Crippen molar-refractivity contribution in [2.24, 2.45) is 0 Å². The van der Waals surface area contributed by atoms with E-state index in [0.29, 0.717) is 23.6 Å². The summed E-state index contributed by atoms with van der Waals surface area (Å²) in [7, 11) is 0. The van der Waals surface area contributed by atoms with Crippen LogP contribution in [0.15, 0.2) is 65.9 Å². The molecule has 1 unspecified atom stereocenters. The molecule has 0 aromatic heterocycles. The van der Waals surface area contributed by atoms with Crippen molar-refractivity contribution in [3.05, 3.63) is 77.0 Å². The second-order valence-corrected chi connectivity index (χ2v) is 7.58. The summed E-state index contributed by atoms with van der Waals surface area (Å²) >= 11 is 0. The van der Waals surface area contributed by atoms with E-state index in [0.717, 1.165) is 30.4 Å². The van der Waals surface area contributed by atoms with E-state index in [4.69, 9.17) is 9.47 Å². The number of hydrogen-bond donors (Lipinski definition) is 2. The highest BCUT2D eigenvalue weighted by molar-refractivity contribution is 5.95. The summed E-state index contributed by atoms with van der Waals surface area (Å²) < 4.78 is 11.6. The number of carbonyl (C=O) groups excluding carboxylic acids is 2. The molecule has 164 valence electrons. The lowest BCUT2D eigenvalue weighted by Gasteiger charge is -2.29. The van der Waals surface area contributed by atoms with Crippen LogP contribution in [-0.2, 0) is 16.1 Å². The molecule has 0 bridgehead atoms. The number of benzene rings is 2. The smallest absolute Gasteiger partial charge is 0.338 e. The molecule has 0 spiro atoms. The quantitative estimate of drug-likeness (QED) is 0.416. The first-order valence-electron chi connectivity index (χ1n) is 10.8. The van der Waals surface area contributed by atoms with Gasteiger partial charge in [0.2, 0.25) is 0 Å². The monoisotopic (exact) mass is 422 g/mol. The Hall–Kier alpha value is -3.28. The Labute approximate surface area is 183 Å². The van der Waals surface area contributed by atoms with E-state index in [9.17, 15) is 9.59 Å². The van der Waals surface area contributed by atoms with Crippen LogP contribution in [0.2, 0.25) is 0 Å². The Bertz CT molecular complexity index is 924. The number of hydrogen-bond acceptors (Lipinski definition) is 4. The van der Waals surface area contributed by atoms with E-state index < -0.39 is 12.0 Å². The van der Waals surface area contributed by atoms with Gasteiger partial charge in [-0.3, -0.25) is 0 Å². The molecule has 1 aliphatic heterocycles. The maximum atomic E-state index is 13.0. The topological polar surface area (TPSA) is 76.7 Å². The number of amides is 2. The van der Waals surface area contributed by atoms with Gasteiger partial charge in [0.15, 0.2) is 0 Å². The first kappa shape index (κ1) is 22.4. The Balaban J connectivity index is 1.79. The van der Waals surface area contributed by atoms with E-state index in [2.05, 4.69) is 17.6 Å². The highest BCUT2D eigenvalue weighted by Crippen LogP contribution is 2.33. The average Bonchev–Trinajstić information content (AvgIpc) is 2.78. The van der Waals surface area contributed by atoms with Crippen LogP contribution in [0.4, 0.5) is 4.79 Å². The van der Waals surface area contributed by atoms with E-state index in [1.807, 2.05) is 54.6 Å². The molecule has 1 heterocycles. The minimum Gasteiger partial charge on any atom is -0.493 e. The SMILES string of the molecule is CCCCCCOc1ccccc1C1NC(=O)NC(C)=C1C(=O)OCc1ccccc1. The highest BCUT2D eigenvalue weighted by Gasteiger charge is 2.33. The number of esters is 1. The lowest BCUT2D eigenvalue weighted by Crippen LogP contribution is -2.45. The second kappa shape index (κ2) is 11.2. The Kier molecular flexibility index (Phi) is 8.10. The number of para-hydroxylation sites is 1. The molecule has 6 heteroatoms. The summed E-state index contributed by atoms with van der Waals surface area (Å²) in [5, 5.41) is 5.54. The molecular weight excluding hydrogens is 392 g/mol. The fourth-order valence-corrected chi connectivity index (χ4v) is 3.56. The van der Waals surface area contributed by atoms with Crippen LogP contribution in [-0.4, -0.2) is 18.6 Å². The summed E-state index contributed by atoms with van der Waals surface area (Å²) in [5.74, 6) is 0.184. The molecule has 1 aliphatic rings. The van der Waals surface area contributed by atoms with Crippen molar-refractivity contribution in [2.45, 2.75) is 52.2 Å². The predicted octanol–water partition coefficient (Wildman–Crippen LogP) is 5.02. The maximum absolute atomic E-state index is 13.0. The van der Waals surface area contributed by atoms with Gasteiger partial charge < -0.3 is 20.1 Å².